The van der Waals surface area contributed by atoms with Crippen molar-refractivity contribution >= 4 is 17.6 Å². The molecule has 0 atom stereocenters. The van der Waals surface area contributed by atoms with Crippen LogP contribution >= 0.6 is 0 Å². The number of alkyl halides is 15. The number of benzene rings is 1. The first-order chi connectivity index (χ1) is 17.8. The molecule has 2 rings (SSSR count). The number of nitrogens with zero attached hydrogens (tertiary/aromatic N) is 1. The highest BCUT2D eigenvalue weighted by atomic mass is 19.4. The molecule has 1 aliphatic heterocycles. The first kappa shape index (κ1) is 32.8. The van der Waals surface area contributed by atoms with E-state index in [-0.39, 0.29) is 0 Å². The van der Waals surface area contributed by atoms with Crippen LogP contribution in [0.3, 0.4) is 0 Å². The fourth-order valence-electron chi connectivity index (χ4n) is 3.73. The average molecular weight is 617 g/mol. The SMILES string of the molecule is COC(=O)C1=C(C(=O)OC)N(c2c(C(F)(F)F)c(C(F)(F)F)c(C(F)(F)F)c(C(F)(F)F)c2C(F)(F)F)COC1. The van der Waals surface area contributed by atoms with E-state index in [4.69, 9.17) is 0 Å². The predicted octanol–water partition coefficient (Wildman–Crippen LogP) is 6.17. The summed E-state index contributed by atoms with van der Waals surface area (Å²) in [6.45, 7) is -3.12. The number of methoxy groups -OCH3 is 2. The van der Waals surface area contributed by atoms with Gasteiger partial charge in [0.25, 0.3) is 0 Å². The maximum atomic E-state index is 14.1. The monoisotopic (exact) mass is 617 g/mol. The van der Waals surface area contributed by atoms with Crippen LogP contribution < -0.4 is 4.90 Å². The molecule has 0 N–H and O–H groups in total. The number of esters is 2. The quantitative estimate of drug-likeness (QED) is 0.299. The van der Waals surface area contributed by atoms with Gasteiger partial charge in [-0.25, -0.2) is 9.59 Å². The topological polar surface area (TPSA) is 65.1 Å². The van der Waals surface area contributed by atoms with Crippen molar-refractivity contribution in [2.45, 2.75) is 30.9 Å². The molecule has 226 valence electrons. The fourth-order valence-corrected chi connectivity index (χ4v) is 3.73. The lowest BCUT2D eigenvalue weighted by molar-refractivity contribution is -0.188. The molecule has 0 fully saturated rings. The Bertz CT molecular complexity index is 1170. The predicted molar refractivity (Wildman–Crippen MR) is 95.8 cm³/mol. The van der Waals surface area contributed by atoms with Gasteiger partial charge in [0.2, 0.25) is 0 Å². The molecule has 0 bridgehead atoms. The van der Waals surface area contributed by atoms with E-state index in [1.807, 2.05) is 0 Å². The minimum Gasteiger partial charge on any atom is -0.466 e. The van der Waals surface area contributed by atoms with Gasteiger partial charge in [-0.15, -0.1) is 0 Å². The van der Waals surface area contributed by atoms with Crippen molar-refractivity contribution in [3.8, 4) is 0 Å². The van der Waals surface area contributed by atoms with Crippen LogP contribution in [0, 0.1) is 0 Å². The van der Waals surface area contributed by atoms with E-state index in [0.29, 0.717) is 14.2 Å². The highest BCUT2D eigenvalue weighted by Crippen LogP contribution is 2.59. The van der Waals surface area contributed by atoms with Crippen molar-refractivity contribution in [2.24, 2.45) is 0 Å². The molecule has 0 aromatic heterocycles. The Hall–Kier alpha value is -3.39. The van der Waals surface area contributed by atoms with E-state index in [0.717, 1.165) is 0 Å². The zero-order valence-electron chi connectivity index (χ0n) is 19.1. The molecular weight excluding hydrogens is 607 g/mol. The fraction of sp³-hybridized carbons (Fsp3) is 0.474. The van der Waals surface area contributed by atoms with Gasteiger partial charge in [0.05, 0.1) is 59.9 Å². The van der Waals surface area contributed by atoms with Gasteiger partial charge in [0.1, 0.15) is 12.4 Å². The molecule has 0 saturated carbocycles. The standard InChI is InChI=1S/C19H10F15NO5/c1-38-13(36)5-3-40-4-35(11(5)14(37)39-2)12-9(18(29,30)31)7(16(23,24)25)6(15(20,21)22)8(17(26,27)28)10(12)19(32,33)34/h3-4H2,1-2H3. The zero-order chi connectivity index (χ0) is 31.4. The van der Waals surface area contributed by atoms with Gasteiger partial charge >= 0.3 is 42.8 Å². The van der Waals surface area contributed by atoms with Gasteiger partial charge in [0, 0.05) is 0 Å². The molecule has 1 aromatic rings. The van der Waals surface area contributed by atoms with Crippen LogP contribution in [0.1, 0.15) is 27.8 Å². The molecule has 21 heteroatoms. The number of hydrogen-bond acceptors (Lipinski definition) is 6. The van der Waals surface area contributed by atoms with Crippen molar-refractivity contribution in [1.82, 2.24) is 0 Å². The number of rotatable bonds is 3. The zero-order valence-corrected chi connectivity index (χ0v) is 19.1. The summed E-state index contributed by atoms with van der Waals surface area (Å²) in [7, 11) is 0.926. The Morgan fingerprint density at radius 3 is 1.23 bits per heavy atom. The lowest BCUT2D eigenvalue weighted by atomic mass is 9.86. The Kier molecular flexibility index (Phi) is 8.38. The van der Waals surface area contributed by atoms with Crippen LogP contribution in [0.2, 0.25) is 0 Å². The largest absolute Gasteiger partial charge is 0.466 e. The van der Waals surface area contributed by atoms with Crippen LogP contribution in [0.15, 0.2) is 11.3 Å². The molecule has 0 amide bonds. The van der Waals surface area contributed by atoms with E-state index in [9.17, 15) is 75.4 Å². The second kappa shape index (κ2) is 10.2. The van der Waals surface area contributed by atoms with Crippen LogP contribution in [0.5, 0.6) is 0 Å². The third kappa shape index (κ3) is 6.02. The maximum absolute atomic E-state index is 14.1. The molecule has 1 aliphatic rings. The minimum atomic E-state index is -7.11. The van der Waals surface area contributed by atoms with Crippen molar-refractivity contribution in [2.75, 3.05) is 32.5 Å². The first-order valence-electron chi connectivity index (χ1n) is 9.66. The lowest BCUT2D eigenvalue weighted by Gasteiger charge is -2.37. The van der Waals surface area contributed by atoms with Crippen molar-refractivity contribution in [3.05, 3.63) is 39.1 Å². The van der Waals surface area contributed by atoms with Gasteiger partial charge in [-0.1, -0.05) is 0 Å². The molecule has 0 aliphatic carbocycles. The molecule has 1 heterocycles. The number of halogens is 15. The van der Waals surface area contributed by atoms with Crippen LogP contribution in [0.4, 0.5) is 71.5 Å². The summed E-state index contributed by atoms with van der Waals surface area (Å²) in [5.74, 6) is -3.89. The maximum Gasteiger partial charge on any atom is 0.419 e. The number of hydrogen-bond donors (Lipinski definition) is 0. The van der Waals surface area contributed by atoms with Gasteiger partial charge < -0.3 is 19.1 Å². The highest BCUT2D eigenvalue weighted by molar-refractivity contribution is 6.04. The summed E-state index contributed by atoms with van der Waals surface area (Å²) >= 11 is 0. The van der Waals surface area contributed by atoms with E-state index < -0.39 is 106 Å². The molecule has 6 nitrogen and oxygen atoms in total. The van der Waals surface area contributed by atoms with Crippen LogP contribution in [-0.2, 0) is 54.7 Å². The second-order valence-electron chi connectivity index (χ2n) is 7.43. The average Bonchev–Trinajstić information content (AvgIpc) is 2.77. The van der Waals surface area contributed by atoms with Crippen molar-refractivity contribution in [3.63, 3.8) is 0 Å². The molecule has 0 spiro atoms. The van der Waals surface area contributed by atoms with Crippen LogP contribution in [-0.4, -0.2) is 39.5 Å². The summed E-state index contributed by atoms with van der Waals surface area (Å²) in [6.07, 6.45) is -35.0. The van der Waals surface area contributed by atoms with E-state index in [1.54, 1.807) is 0 Å². The first-order valence-corrected chi connectivity index (χ1v) is 9.66. The molecule has 0 unspecified atom stereocenters. The Balaban J connectivity index is 3.56. The van der Waals surface area contributed by atoms with Crippen LogP contribution in [0.25, 0.3) is 0 Å². The summed E-state index contributed by atoms with van der Waals surface area (Å²) in [6, 6.07) is 0. The van der Waals surface area contributed by atoms with Crippen molar-refractivity contribution < 1.29 is 89.7 Å². The second-order valence-corrected chi connectivity index (χ2v) is 7.43. The van der Waals surface area contributed by atoms with E-state index >= 15 is 0 Å². The number of carbonyl (C=O) groups is 2. The molecule has 40 heavy (non-hydrogen) atoms. The van der Waals surface area contributed by atoms with Gasteiger partial charge in [-0.05, 0) is 0 Å². The molecule has 1 aromatic carbocycles. The van der Waals surface area contributed by atoms with E-state index in [1.165, 1.54) is 0 Å². The lowest BCUT2D eigenvalue weighted by Crippen LogP contribution is -2.42. The summed E-state index contributed by atoms with van der Waals surface area (Å²) in [5, 5.41) is 0. The van der Waals surface area contributed by atoms with Gasteiger partial charge in [0.15, 0.2) is 0 Å². The normalized spacial score (nSPS) is 15.9. The molecule has 0 radical (unpaired) electrons. The Morgan fingerprint density at radius 1 is 0.600 bits per heavy atom. The summed E-state index contributed by atoms with van der Waals surface area (Å²) in [5.41, 5.74) is -27.0. The smallest absolute Gasteiger partial charge is 0.419 e. The van der Waals surface area contributed by atoms with Gasteiger partial charge in [-0.2, -0.15) is 65.9 Å². The molecular formula is C19H10F15NO5. The van der Waals surface area contributed by atoms with Gasteiger partial charge in [-0.3, -0.25) is 0 Å². The third-order valence-electron chi connectivity index (χ3n) is 4.99. The van der Waals surface area contributed by atoms with Crippen molar-refractivity contribution in [1.29, 1.82) is 0 Å². The Labute approximate surface area is 210 Å². The summed E-state index contributed by atoms with van der Waals surface area (Å²) in [4.78, 5) is 23.4. The summed E-state index contributed by atoms with van der Waals surface area (Å²) < 4.78 is 221. The third-order valence-corrected chi connectivity index (χ3v) is 4.99. The Morgan fingerprint density at radius 2 is 0.925 bits per heavy atom. The number of carbonyl (C=O) groups excluding carboxylic acids is 2. The van der Waals surface area contributed by atoms with E-state index in [2.05, 4.69) is 14.2 Å². The highest BCUT2D eigenvalue weighted by Gasteiger charge is 2.61. The number of ether oxygens (including phenoxy) is 3. The minimum absolute atomic E-state index is 0.391. The number of anilines is 1. The molecule has 0 saturated heterocycles.